The topological polar surface area (TPSA) is 71.2 Å². The van der Waals surface area contributed by atoms with Gasteiger partial charge in [-0.15, -0.1) is 0 Å². The molecule has 0 aliphatic carbocycles. The lowest BCUT2D eigenvalue weighted by Gasteiger charge is -2.23. The van der Waals surface area contributed by atoms with E-state index in [0.717, 1.165) is 17.9 Å². The summed E-state index contributed by atoms with van der Waals surface area (Å²) in [6.07, 6.45) is 0.388. The quantitative estimate of drug-likeness (QED) is 0.446. The maximum atomic E-state index is 11.2. The second-order valence-electron chi connectivity index (χ2n) is 4.31. The van der Waals surface area contributed by atoms with Crippen LogP contribution in [-0.4, -0.2) is 28.9 Å². The third-order valence-corrected chi connectivity index (χ3v) is 2.75. The Bertz CT molecular complexity index is 381. The van der Waals surface area contributed by atoms with Crippen LogP contribution in [-0.2, 0) is 11.3 Å². The number of nitrogens with zero attached hydrogens (tertiary/aromatic N) is 2. The number of carbonyl (C=O) groups is 1. The van der Waals surface area contributed by atoms with Crippen molar-refractivity contribution in [2.24, 2.45) is 5.84 Å². The molecule has 1 aromatic rings. The predicted octanol–water partition coefficient (Wildman–Crippen LogP) is 0.590. The molecule has 0 spiro atoms. The van der Waals surface area contributed by atoms with Gasteiger partial charge in [-0.05, 0) is 33.0 Å². The molecule has 0 saturated heterocycles. The average molecular weight is 236 g/mol. The Morgan fingerprint density at radius 3 is 2.88 bits per heavy atom. The zero-order chi connectivity index (χ0) is 12.8. The first-order valence-corrected chi connectivity index (χ1v) is 5.65. The average Bonchev–Trinajstić information content (AvgIpc) is 2.28. The third kappa shape index (κ3) is 4.50. The Kier molecular flexibility index (Phi) is 5.06. The van der Waals surface area contributed by atoms with Crippen LogP contribution in [0.4, 0.5) is 0 Å². The summed E-state index contributed by atoms with van der Waals surface area (Å²) in [4.78, 5) is 17.7. The smallest absolute Gasteiger partial charge is 0.235 e. The highest BCUT2D eigenvalue weighted by Crippen LogP contribution is 2.07. The van der Waals surface area contributed by atoms with Gasteiger partial charge in [0.25, 0.3) is 0 Å². The lowest BCUT2D eigenvalue weighted by atomic mass is 10.2. The van der Waals surface area contributed by atoms with Gasteiger partial charge in [0.1, 0.15) is 0 Å². The molecule has 1 aromatic heterocycles. The van der Waals surface area contributed by atoms with Crippen molar-refractivity contribution < 1.29 is 4.79 Å². The first-order valence-electron chi connectivity index (χ1n) is 5.65. The number of carbonyl (C=O) groups excluding carboxylic acids is 1. The van der Waals surface area contributed by atoms with Crippen molar-refractivity contribution in [2.75, 3.05) is 7.05 Å². The molecule has 1 unspecified atom stereocenters. The summed E-state index contributed by atoms with van der Waals surface area (Å²) in [5.41, 5.74) is 4.15. The molecular formula is C12H20N4O. The molecule has 0 fully saturated rings. The third-order valence-electron chi connectivity index (χ3n) is 2.75. The van der Waals surface area contributed by atoms with Crippen LogP contribution >= 0.6 is 0 Å². The van der Waals surface area contributed by atoms with Crippen molar-refractivity contribution >= 4 is 5.91 Å². The van der Waals surface area contributed by atoms with Gasteiger partial charge in [-0.2, -0.15) is 0 Å². The number of rotatable bonds is 5. The lowest BCUT2D eigenvalue weighted by molar-refractivity contribution is -0.122. The first-order chi connectivity index (χ1) is 8.02. The molecule has 3 N–H and O–H groups in total. The van der Waals surface area contributed by atoms with Gasteiger partial charge in [-0.25, -0.2) is 5.84 Å². The molecule has 0 bridgehead atoms. The lowest BCUT2D eigenvalue weighted by Crippen LogP contribution is -2.37. The highest BCUT2D eigenvalue weighted by molar-refractivity contribution is 5.75. The zero-order valence-corrected chi connectivity index (χ0v) is 10.6. The molecule has 0 saturated carbocycles. The minimum Gasteiger partial charge on any atom is -0.297 e. The van der Waals surface area contributed by atoms with E-state index in [1.54, 1.807) is 0 Å². The molecule has 1 amide bonds. The van der Waals surface area contributed by atoms with Crippen LogP contribution in [0.25, 0.3) is 0 Å². The minimum atomic E-state index is -0.151. The molecule has 5 nitrogen and oxygen atoms in total. The fourth-order valence-corrected chi connectivity index (χ4v) is 1.58. The van der Waals surface area contributed by atoms with Gasteiger partial charge in [0.05, 0.1) is 5.69 Å². The van der Waals surface area contributed by atoms with E-state index in [9.17, 15) is 4.79 Å². The van der Waals surface area contributed by atoms with E-state index in [-0.39, 0.29) is 11.9 Å². The number of pyridine rings is 1. The van der Waals surface area contributed by atoms with Gasteiger partial charge in [-0.3, -0.25) is 20.1 Å². The van der Waals surface area contributed by atoms with Crippen LogP contribution in [0.5, 0.6) is 0 Å². The maximum absolute atomic E-state index is 11.2. The standard InChI is InChI=1S/C12H20N4O/c1-9-5-4-6-11(14-9)8-16(3)10(2)7-12(17)15-13/h4-6,10H,7-8,13H2,1-3H3,(H,15,17). The Hall–Kier alpha value is -1.46. The van der Waals surface area contributed by atoms with Crippen LogP contribution in [0.1, 0.15) is 24.7 Å². The van der Waals surface area contributed by atoms with Gasteiger partial charge in [0, 0.05) is 24.7 Å². The van der Waals surface area contributed by atoms with Crippen molar-refractivity contribution in [1.82, 2.24) is 15.3 Å². The number of hydrazine groups is 1. The van der Waals surface area contributed by atoms with Crippen molar-refractivity contribution in [2.45, 2.75) is 32.9 Å². The molecular weight excluding hydrogens is 216 g/mol. The van der Waals surface area contributed by atoms with E-state index in [0.29, 0.717) is 6.42 Å². The van der Waals surface area contributed by atoms with E-state index >= 15 is 0 Å². The summed E-state index contributed by atoms with van der Waals surface area (Å²) in [5, 5.41) is 0. The summed E-state index contributed by atoms with van der Waals surface area (Å²) in [7, 11) is 1.97. The van der Waals surface area contributed by atoms with Crippen LogP contribution in [0.2, 0.25) is 0 Å². The largest absolute Gasteiger partial charge is 0.297 e. The molecule has 0 aromatic carbocycles. The number of nitrogens with two attached hydrogens (primary N) is 1. The predicted molar refractivity (Wildman–Crippen MR) is 66.9 cm³/mol. The van der Waals surface area contributed by atoms with Crippen molar-refractivity contribution in [3.05, 3.63) is 29.6 Å². The number of nitrogens with one attached hydrogen (secondary N) is 1. The summed E-state index contributed by atoms with van der Waals surface area (Å²) in [6.45, 7) is 4.68. The van der Waals surface area contributed by atoms with Gasteiger partial charge < -0.3 is 0 Å². The van der Waals surface area contributed by atoms with Crippen molar-refractivity contribution in [3.8, 4) is 0 Å². The zero-order valence-electron chi connectivity index (χ0n) is 10.6. The van der Waals surface area contributed by atoms with E-state index in [4.69, 9.17) is 5.84 Å². The monoisotopic (exact) mass is 236 g/mol. The van der Waals surface area contributed by atoms with E-state index in [2.05, 4.69) is 15.3 Å². The van der Waals surface area contributed by atoms with E-state index in [1.165, 1.54) is 0 Å². The molecule has 17 heavy (non-hydrogen) atoms. The van der Waals surface area contributed by atoms with Gasteiger partial charge in [0.2, 0.25) is 5.91 Å². The van der Waals surface area contributed by atoms with E-state index < -0.39 is 0 Å². The van der Waals surface area contributed by atoms with Crippen molar-refractivity contribution in [1.29, 1.82) is 0 Å². The summed E-state index contributed by atoms with van der Waals surface area (Å²) in [5.74, 6) is 4.91. The molecule has 1 rings (SSSR count). The molecule has 0 radical (unpaired) electrons. The van der Waals surface area contributed by atoms with Gasteiger partial charge in [-0.1, -0.05) is 6.07 Å². The number of aryl methyl sites for hydroxylation is 1. The fourth-order valence-electron chi connectivity index (χ4n) is 1.58. The Morgan fingerprint density at radius 1 is 1.59 bits per heavy atom. The number of hydrogen-bond donors (Lipinski definition) is 2. The normalized spacial score (nSPS) is 12.5. The van der Waals surface area contributed by atoms with Crippen molar-refractivity contribution in [3.63, 3.8) is 0 Å². The molecule has 1 atom stereocenters. The number of amides is 1. The summed E-state index contributed by atoms with van der Waals surface area (Å²) >= 11 is 0. The van der Waals surface area contributed by atoms with Gasteiger partial charge >= 0.3 is 0 Å². The minimum absolute atomic E-state index is 0.126. The molecule has 0 aliphatic rings. The molecule has 5 heteroatoms. The molecule has 94 valence electrons. The van der Waals surface area contributed by atoms with Crippen LogP contribution in [0.15, 0.2) is 18.2 Å². The van der Waals surface area contributed by atoms with Gasteiger partial charge in [0.15, 0.2) is 0 Å². The van der Waals surface area contributed by atoms with Crippen LogP contribution in [0.3, 0.4) is 0 Å². The second kappa shape index (κ2) is 6.32. The maximum Gasteiger partial charge on any atom is 0.235 e. The number of aromatic nitrogens is 1. The van der Waals surface area contributed by atoms with E-state index in [1.807, 2.05) is 39.1 Å². The first kappa shape index (κ1) is 13.6. The van der Waals surface area contributed by atoms with Crippen LogP contribution in [0, 0.1) is 6.92 Å². The highest BCUT2D eigenvalue weighted by Gasteiger charge is 2.13. The Balaban J connectivity index is 2.53. The Labute approximate surface area is 102 Å². The highest BCUT2D eigenvalue weighted by atomic mass is 16.2. The molecule has 0 aliphatic heterocycles. The number of hydrogen-bond acceptors (Lipinski definition) is 4. The second-order valence-corrected chi connectivity index (χ2v) is 4.31. The Morgan fingerprint density at radius 2 is 2.29 bits per heavy atom. The fraction of sp³-hybridized carbons (Fsp3) is 0.500. The molecule has 1 heterocycles. The summed E-state index contributed by atoms with van der Waals surface area (Å²) in [6, 6.07) is 6.07. The van der Waals surface area contributed by atoms with Crippen LogP contribution < -0.4 is 11.3 Å². The SMILES string of the molecule is Cc1cccc(CN(C)C(C)CC(=O)NN)n1. The summed E-state index contributed by atoms with van der Waals surface area (Å²) < 4.78 is 0.